The lowest BCUT2D eigenvalue weighted by Gasteiger charge is -2.05. The van der Waals surface area contributed by atoms with Crippen LogP contribution in [0, 0.1) is 0 Å². The Morgan fingerprint density at radius 1 is 0.800 bits per heavy atom. The van der Waals surface area contributed by atoms with Crippen molar-refractivity contribution in [3.63, 3.8) is 0 Å². The standard InChI is InChI=1S/C14H11F3N2O/c1-20-13-8-6-12(7-9-13)19-18-11-4-2-10(3-5-11)14(15,16)17/h2-9H,1H3/b19-18+. The molecule has 0 saturated heterocycles. The van der Waals surface area contributed by atoms with Crippen LogP contribution in [0.25, 0.3) is 0 Å². The molecule has 2 rings (SSSR count). The van der Waals surface area contributed by atoms with Crippen LogP contribution >= 0.6 is 0 Å². The topological polar surface area (TPSA) is 34.0 Å². The van der Waals surface area contributed by atoms with Crippen LogP contribution in [0.15, 0.2) is 58.8 Å². The lowest BCUT2D eigenvalue weighted by Crippen LogP contribution is -2.03. The van der Waals surface area contributed by atoms with E-state index in [-0.39, 0.29) is 0 Å². The number of hydrogen-bond acceptors (Lipinski definition) is 3. The minimum Gasteiger partial charge on any atom is -0.497 e. The zero-order chi connectivity index (χ0) is 14.6. The first-order valence-electron chi connectivity index (χ1n) is 5.72. The normalized spacial score (nSPS) is 11.8. The Hall–Kier alpha value is -2.37. The predicted octanol–water partition coefficient (Wildman–Crippen LogP) is 5.13. The van der Waals surface area contributed by atoms with Crippen molar-refractivity contribution in [1.29, 1.82) is 0 Å². The van der Waals surface area contributed by atoms with Crippen LogP contribution in [0.4, 0.5) is 24.5 Å². The molecule has 0 heterocycles. The number of benzene rings is 2. The van der Waals surface area contributed by atoms with E-state index in [1.165, 1.54) is 12.1 Å². The third-order valence-corrected chi connectivity index (χ3v) is 2.55. The number of azo groups is 1. The molecule has 2 aromatic rings. The van der Waals surface area contributed by atoms with Gasteiger partial charge in [0.05, 0.1) is 24.0 Å². The summed E-state index contributed by atoms with van der Waals surface area (Å²) in [5.41, 5.74) is 0.236. The van der Waals surface area contributed by atoms with Gasteiger partial charge < -0.3 is 4.74 Å². The third kappa shape index (κ3) is 3.57. The Bertz CT molecular complexity index is 589. The number of rotatable bonds is 3. The average Bonchev–Trinajstić information content (AvgIpc) is 2.45. The maximum Gasteiger partial charge on any atom is 0.416 e. The van der Waals surface area contributed by atoms with Gasteiger partial charge in [-0.2, -0.15) is 23.4 Å². The number of methoxy groups -OCH3 is 1. The fourth-order valence-electron chi connectivity index (χ4n) is 1.48. The second kappa shape index (κ2) is 5.73. The average molecular weight is 280 g/mol. The zero-order valence-corrected chi connectivity index (χ0v) is 10.6. The Morgan fingerprint density at radius 3 is 1.65 bits per heavy atom. The molecule has 0 amide bonds. The molecule has 104 valence electrons. The van der Waals surface area contributed by atoms with Gasteiger partial charge in [0.15, 0.2) is 0 Å². The molecule has 0 aliphatic rings. The molecule has 0 bridgehead atoms. The summed E-state index contributed by atoms with van der Waals surface area (Å²) in [4.78, 5) is 0. The molecule has 3 nitrogen and oxygen atoms in total. The molecular formula is C14H11F3N2O. The summed E-state index contributed by atoms with van der Waals surface area (Å²) in [5, 5.41) is 7.80. The number of hydrogen-bond donors (Lipinski definition) is 0. The second-order valence-corrected chi connectivity index (χ2v) is 3.94. The molecule has 0 aliphatic carbocycles. The van der Waals surface area contributed by atoms with Crippen LogP contribution in [0.3, 0.4) is 0 Å². The maximum absolute atomic E-state index is 12.4. The van der Waals surface area contributed by atoms with E-state index in [2.05, 4.69) is 10.2 Å². The largest absolute Gasteiger partial charge is 0.497 e. The molecule has 0 radical (unpaired) electrons. The van der Waals surface area contributed by atoms with Gasteiger partial charge in [-0.15, -0.1) is 0 Å². The van der Waals surface area contributed by atoms with Crippen LogP contribution < -0.4 is 4.74 Å². The Labute approximate surface area is 113 Å². The first kappa shape index (κ1) is 14.0. The minimum absolute atomic E-state index is 0.355. The molecule has 0 unspecified atom stereocenters. The molecule has 0 saturated carbocycles. The van der Waals surface area contributed by atoms with Crippen LogP contribution in [0.1, 0.15) is 5.56 Å². The highest BCUT2D eigenvalue weighted by molar-refractivity contribution is 5.43. The summed E-state index contributed by atoms with van der Waals surface area (Å²) in [5.74, 6) is 0.693. The quantitative estimate of drug-likeness (QED) is 0.717. The lowest BCUT2D eigenvalue weighted by molar-refractivity contribution is -0.137. The molecule has 6 heteroatoms. The SMILES string of the molecule is COc1ccc(/N=N/c2ccc(C(F)(F)F)cc2)cc1. The molecule has 0 atom stereocenters. The highest BCUT2D eigenvalue weighted by Gasteiger charge is 2.29. The van der Waals surface area contributed by atoms with E-state index in [9.17, 15) is 13.2 Å². The van der Waals surface area contributed by atoms with Gasteiger partial charge in [-0.05, 0) is 48.5 Å². The maximum atomic E-state index is 12.4. The van der Waals surface area contributed by atoms with Crippen molar-refractivity contribution in [1.82, 2.24) is 0 Å². The number of nitrogens with zero attached hydrogens (tertiary/aromatic N) is 2. The monoisotopic (exact) mass is 280 g/mol. The van der Waals surface area contributed by atoms with Gasteiger partial charge in [0, 0.05) is 0 Å². The highest BCUT2D eigenvalue weighted by Crippen LogP contribution is 2.30. The van der Waals surface area contributed by atoms with E-state index in [0.717, 1.165) is 12.1 Å². The van der Waals surface area contributed by atoms with E-state index >= 15 is 0 Å². The summed E-state index contributed by atoms with van der Waals surface area (Å²) in [6.45, 7) is 0. The van der Waals surface area contributed by atoms with Gasteiger partial charge in [-0.1, -0.05) is 0 Å². The van der Waals surface area contributed by atoms with E-state index in [0.29, 0.717) is 17.1 Å². The smallest absolute Gasteiger partial charge is 0.416 e. The van der Waals surface area contributed by atoms with Crippen molar-refractivity contribution < 1.29 is 17.9 Å². The van der Waals surface area contributed by atoms with Crippen molar-refractivity contribution in [3.8, 4) is 5.75 Å². The second-order valence-electron chi connectivity index (χ2n) is 3.94. The Morgan fingerprint density at radius 2 is 1.25 bits per heavy atom. The fourth-order valence-corrected chi connectivity index (χ4v) is 1.48. The molecule has 0 N–H and O–H groups in total. The van der Waals surface area contributed by atoms with E-state index < -0.39 is 11.7 Å². The van der Waals surface area contributed by atoms with Crippen molar-refractivity contribution in [2.75, 3.05) is 7.11 Å². The lowest BCUT2D eigenvalue weighted by atomic mass is 10.2. The van der Waals surface area contributed by atoms with Gasteiger partial charge >= 0.3 is 6.18 Å². The number of alkyl halides is 3. The first-order chi connectivity index (χ1) is 9.49. The van der Waals surface area contributed by atoms with Crippen LogP contribution in [-0.4, -0.2) is 7.11 Å². The van der Waals surface area contributed by atoms with E-state index in [1.54, 1.807) is 31.4 Å². The molecule has 2 aromatic carbocycles. The van der Waals surface area contributed by atoms with Gasteiger partial charge in [-0.25, -0.2) is 0 Å². The van der Waals surface area contributed by atoms with Crippen molar-refractivity contribution >= 4 is 11.4 Å². The Kier molecular flexibility index (Phi) is 4.02. The molecule has 0 fully saturated rings. The van der Waals surface area contributed by atoms with Crippen LogP contribution in [0.2, 0.25) is 0 Å². The van der Waals surface area contributed by atoms with Gasteiger partial charge in [0.25, 0.3) is 0 Å². The molecule has 0 spiro atoms. The summed E-state index contributed by atoms with van der Waals surface area (Å²) >= 11 is 0. The Balaban J connectivity index is 2.10. The molecular weight excluding hydrogens is 269 g/mol. The zero-order valence-electron chi connectivity index (χ0n) is 10.6. The third-order valence-electron chi connectivity index (χ3n) is 2.55. The summed E-state index contributed by atoms with van der Waals surface area (Å²) < 4.78 is 42.1. The number of ether oxygens (including phenoxy) is 1. The highest BCUT2D eigenvalue weighted by atomic mass is 19.4. The van der Waals surface area contributed by atoms with Gasteiger partial charge in [0.2, 0.25) is 0 Å². The van der Waals surface area contributed by atoms with Gasteiger partial charge in [-0.3, -0.25) is 0 Å². The van der Waals surface area contributed by atoms with E-state index in [4.69, 9.17) is 4.74 Å². The molecule has 0 aromatic heterocycles. The van der Waals surface area contributed by atoms with Crippen molar-refractivity contribution in [3.05, 3.63) is 54.1 Å². The minimum atomic E-state index is -4.34. The summed E-state index contributed by atoms with van der Waals surface area (Å²) in [6.07, 6.45) is -4.34. The summed E-state index contributed by atoms with van der Waals surface area (Å²) in [7, 11) is 1.55. The van der Waals surface area contributed by atoms with Crippen LogP contribution in [-0.2, 0) is 6.18 Å². The summed E-state index contributed by atoms with van der Waals surface area (Å²) in [6, 6.07) is 11.3. The van der Waals surface area contributed by atoms with Gasteiger partial charge in [0.1, 0.15) is 5.75 Å². The van der Waals surface area contributed by atoms with Crippen molar-refractivity contribution in [2.45, 2.75) is 6.18 Å². The van der Waals surface area contributed by atoms with E-state index in [1.807, 2.05) is 0 Å². The molecule has 20 heavy (non-hydrogen) atoms. The van der Waals surface area contributed by atoms with Crippen molar-refractivity contribution in [2.24, 2.45) is 10.2 Å². The first-order valence-corrected chi connectivity index (χ1v) is 5.72. The number of halogens is 3. The molecule has 0 aliphatic heterocycles. The predicted molar refractivity (Wildman–Crippen MR) is 68.6 cm³/mol. The fraction of sp³-hybridized carbons (Fsp3) is 0.143. The van der Waals surface area contributed by atoms with Crippen LogP contribution in [0.5, 0.6) is 5.75 Å².